The van der Waals surface area contributed by atoms with Gasteiger partial charge in [0.2, 0.25) is 0 Å². The maximum Gasteiger partial charge on any atom is 0.123 e. The molecule has 0 unspecified atom stereocenters. The molecule has 1 saturated carbocycles. The molecular weight excluding hydrogens is 343 g/mol. The quantitative estimate of drug-likeness (QED) is 0.876. The van der Waals surface area contributed by atoms with Crippen molar-refractivity contribution < 1.29 is 4.39 Å². The maximum atomic E-state index is 13.6. The fourth-order valence-electron chi connectivity index (χ4n) is 2.91. The second kappa shape index (κ2) is 7.21. The van der Waals surface area contributed by atoms with Crippen LogP contribution in [0.2, 0.25) is 0 Å². The van der Waals surface area contributed by atoms with Crippen LogP contribution < -0.4 is 5.32 Å². The predicted molar refractivity (Wildman–Crippen MR) is 85.9 cm³/mol. The largest absolute Gasteiger partial charge is 0.314 e. The van der Waals surface area contributed by atoms with E-state index in [-0.39, 0.29) is 18.2 Å². The molecule has 3 rings (SSSR count). The van der Waals surface area contributed by atoms with Crippen LogP contribution in [-0.2, 0) is 0 Å². The Morgan fingerprint density at radius 1 is 1.30 bits per heavy atom. The summed E-state index contributed by atoms with van der Waals surface area (Å²) in [6.07, 6.45) is 3.85. The molecule has 20 heavy (non-hydrogen) atoms. The minimum absolute atomic E-state index is 0. The first-order valence-corrected chi connectivity index (χ1v) is 7.93. The summed E-state index contributed by atoms with van der Waals surface area (Å²) >= 11 is 3.60. The molecule has 1 aliphatic heterocycles. The van der Waals surface area contributed by atoms with Gasteiger partial charge in [-0.05, 0) is 36.1 Å². The second-order valence-corrected chi connectivity index (χ2v) is 6.50. The van der Waals surface area contributed by atoms with Gasteiger partial charge in [0.05, 0.1) is 0 Å². The molecule has 1 atom stereocenters. The van der Waals surface area contributed by atoms with E-state index < -0.39 is 0 Å². The van der Waals surface area contributed by atoms with Crippen LogP contribution in [0.5, 0.6) is 0 Å². The first-order valence-electron chi connectivity index (χ1n) is 7.14. The van der Waals surface area contributed by atoms with Crippen LogP contribution >= 0.6 is 28.3 Å². The molecule has 1 aromatic carbocycles. The second-order valence-electron chi connectivity index (χ2n) is 5.65. The van der Waals surface area contributed by atoms with Gasteiger partial charge in [-0.1, -0.05) is 28.8 Å². The van der Waals surface area contributed by atoms with Crippen LogP contribution in [0.1, 0.15) is 30.9 Å². The topological polar surface area (TPSA) is 15.3 Å². The van der Waals surface area contributed by atoms with Gasteiger partial charge in [-0.15, -0.1) is 12.4 Å². The Morgan fingerprint density at radius 2 is 2.00 bits per heavy atom. The zero-order valence-electron chi connectivity index (χ0n) is 11.4. The first-order chi connectivity index (χ1) is 9.24. The lowest BCUT2D eigenvalue weighted by Gasteiger charge is -2.36. The highest BCUT2D eigenvalue weighted by molar-refractivity contribution is 9.10. The van der Waals surface area contributed by atoms with Crippen LogP contribution in [-0.4, -0.2) is 31.1 Å². The van der Waals surface area contributed by atoms with Gasteiger partial charge in [0.1, 0.15) is 5.82 Å². The average molecular weight is 364 g/mol. The van der Waals surface area contributed by atoms with Crippen molar-refractivity contribution in [3.63, 3.8) is 0 Å². The molecule has 0 aromatic heterocycles. The highest BCUT2D eigenvalue weighted by atomic mass is 79.9. The summed E-state index contributed by atoms with van der Waals surface area (Å²) in [6.45, 7) is 4.18. The smallest absolute Gasteiger partial charge is 0.123 e. The van der Waals surface area contributed by atoms with Crippen LogP contribution in [0.3, 0.4) is 0 Å². The summed E-state index contributed by atoms with van der Waals surface area (Å²) < 4.78 is 14.6. The van der Waals surface area contributed by atoms with Gasteiger partial charge in [-0.2, -0.15) is 0 Å². The molecular formula is C15H21BrClFN2. The van der Waals surface area contributed by atoms with Gasteiger partial charge in [0.25, 0.3) is 0 Å². The number of halogens is 3. The fraction of sp³-hybridized carbons (Fsp3) is 0.600. The molecule has 0 amide bonds. The van der Waals surface area contributed by atoms with Crippen molar-refractivity contribution in [2.75, 3.05) is 26.2 Å². The third kappa shape index (κ3) is 3.94. The van der Waals surface area contributed by atoms with Crippen molar-refractivity contribution in [1.29, 1.82) is 0 Å². The number of nitrogens with one attached hydrogen (secondary N) is 1. The molecule has 0 radical (unpaired) electrons. The van der Waals surface area contributed by atoms with Crippen molar-refractivity contribution in [2.45, 2.75) is 25.3 Å². The van der Waals surface area contributed by atoms with E-state index in [1.54, 1.807) is 6.07 Å². The summed E-state index contributed by atoms with van der Waals surface area (Å²) in [5, 5.41) is 3.39. The van der Waals surface area contributed by atoms with E-state index in [0.717, 1.165) is 42.1 Å². The summed E-state index contributed by atoms with van der Waals surface area (Å²) in [6, 6.07) is 5.44. The summed E-state index contributed by atoms with van der Waals surface area (Å²) in [7, 11) is 0. The van der Waals surface area contributed by atoms with Crippen molar-refractivity contribution in [3.8, 4) is 0 Å². The van der Waals surface area contributed by atoms with Crippen LogP contribution in [0.25, 0.3) is 0 Å². The van der Waals surface area contributed by atoms with Crippen LogP contribution in [0.15, 0.2) is 22.7 Å². The molecule has 5 heteroatoms. The Bertz CT molecular complexity index is 447. The molecule has 0 spiro atoms. The van der Waals surface area contributed by atoms with Crippen molar-refractivity contribution >= 4 is 28.3 Å². The van der Waals surface area contributed by atoms with E-state index in [2.05, 4.69) is 26.1 Å². The number of piperazine rings is 1. The van der Waals surface area contributed by atoms with Gasteiger partial charge < -0.3 is 5.32 Å². The maximum absolute atomic E-state index is 13.6. The molecule has 1 aliphatic carbocycles. The van der Waals surface area contributed by atoms with Crippen LogP contribution in [0.4, 0.5) is 4.39 Å². The normalized spacial score (nSPS) is 21.3. The monoisotopic (exact) mass is 362 g/mol. The van der Waals surface area contributed by atoms with E-state index in [1.165, 1.54) is 25.3 Å². The standard InChI is InChI=1S/C15H20BrFN2.ClH/c16-14-4-3-12(17)10-13(14)15(9-11-1-2-11)19-7-5-18-6-8-19;/h3-4,10-11,15,18H,1-2,5-9H2;1H/t15-;/m1./s1. The van der Waals surface area contributed by atoms with E-state index in [1.807, 2.05) is 6.07 Å². The third-order valence-electron chi connectivity index (χ3n) is 4.16. The Balaban J connectivity index is 0.00000147. The molecule has 1 heterocycles. The average Bonchev–Trinajstić information content (AvgIpc) is 3.24. The van der Waals surface area contributed by atoms with Crippen molar-refractivity contribution in [1.82, 2.24) is 10.2 Å². The third-order valence-corrected chi connectivity index (χ3v) is 4.89. The lowest BCUT2D eigenvalue weighted by atomic mass is 9.98. The lowest BCUT2D eigenvalue weighted by Crippen LogP contribution is -2.45. The number of nitrogens with zero attached hydrogens (tertiary/aromatic N) is 1. The number of hydrogen-bond acceptors (Lipinski definition) is 2. The predicted octanol–water partition coefficient (Wildman–Crippen LogP) is 3.76. The van der Waals surface area contributed by atoms with Crippen molar-refractivity contribution in [2.24, 2.45) is 5.92 Å². The minimum Gasteiger partial charge on any atom is -0.314 e. The molecule has 2 fully saturated rings. The number of rotatable bonds is 4. The fourth-order valence-corrected chi connectivity index (χ4v) is 3.42. The van der Waals surface area contributed by atoms with Gasteiger partial charge >= 0.3 is 0 Å². The highest BCUT2D eigenvalue weighted by Gasteiger charge is 2.31. The lowest BCUT2D eigenvalue weighted by molar-refractivity contribution is 0.160. The van der Waals surface area contributed by atoms with E-state index in [9.17, 15) is 4.39 Å². The summed E-state index contributed by atoms with van der Waals surface area (Å²) in [5.74, 6) is 0.712. The zero-order chi connectivity index (χ0) is 13.2. The SMILES string of the molecule is Cl.Fc1ccc(Br)c([C@@H](CC2CC2)N2CCNCC2)c1. The molecule has 1 aromatic rings. The molecule has 2 nitrogen and oxygen atoms in total. The van der Waals surface area contributed by atoms with Gasteiger partial charge in [0, 0.05) is 36.7 Å². The van der Waals surface area contributed by atoms with Gasteiger partial charge in [0.15, 0.2) is 0 Å². The Morgan fingerprint density at radius 3 is 2.65 bits per heavy atom. The number of hydrogen-bond donors (Lipinski definition) is 1. The van der Waals surface area contributed by atoms with E-state index in [0.29, 0.717) is 6.04 Å². The zero-order valence-corrected chi connectivity index (χ0v) is 13.9. The van der Waals surface area contributed by atoms with Gasteiger partial charge in [-0.3, -0.25) is 4.90 Å². The Kier molecular flexibility index (Phi) is 5.84. The Labute approximate surface area is 134 Å². The molecule has 0 bridgehead atoms. The molecule has 2 aliphatic rings. The Hall–Kier alpha value is -0.160. The van der Waals surface area contributed by atoms with Crippen LogP contribution in [0, 0.1) is 11.7 Å². The molecule has 1 saturated heterocycles. The summed E-state index contributed by atoms with van der Waals surface area (Å²) in [4.78, 5) is 2.51. The van der Waals surface area contributed by atoms with E-state index >= 15 is 0 Å². The first kappa shape index (κ1) is 16.2. The minimum atomic E-state index is -0.130. The molecule has 1 N–H and O–H groups in total. The van der Waals surface area contributed by atoms with E-state index in [4.69, 9.17) is 0 Å². The van der Waals surface area contributed by atoms with Crippen molar-refractivity contribution in [3.05, 3.63) is 34.1 Å². The highest BCUT2D eigenvalue weighted by Crippen LogP contribution is 2.41. The number of benzene rings is 1. The molecule has 112 valence electrons. The summed E-state index contributed by atoms with van der Waals surface area (Å²) in [5.41, 5.74) is 1.12. The van der Waals surface area contributed by atoms with Gasteiger partial charge in [-0.25, -0.2) is 4.39 Å².